The van der Waals surface area contributed by atoms with Crippen LogP contribution < -0.4 is 4.74 Å². The topological polar surface area (TPSA) is 79.8 Å². The highest BCUT2D eigenvalue weighted by atomic mass is 32.2. The molecule has 7 nitrogen and oxygen atoms in total. The predicted molar refractivity (Wildman–Crippen MR) is 109 cm³/mol. The largest absolute Gasteiger partial charge is 0.496 e. The van der Waals surface area contributed by atoms with Gasteiger partial charge in [-0.05, 0) is 62.6 Å². The van der Waals surface area contributed by atoms with E-state index in [9.17, 15) is 13.2 Å². The van der Waals surface area contributed by atoms with Crippen LogP contribution in [0.5, 0.6) is 5.75 Å². The molecule has 8 heteroatoms. The van der Waals surface area contributed by atoms with Crippen LogP contribution >= 0.6 is 0 Å². The summed E-state index contributed by atoms with van der Waals surface area (Å²) in [6, 6.07) is 5.32. The first-order chi connectivity index (χ1) is 13.6. The molecule has 1 amide bonds. The van der Waals surface area contributed by atoms with Crippen molar-refractivity contribution < 1.29 is 17.9 Å². The van der Waals surface area contributed by atoms with Crippen molar-refractivity contribution in [1.82, 2.24) is 14.2 Å². The van der Waals surface area contributed by atoms with E-state index in [4.69, 9.17) is 4.74 Å². The molecule has 1 fully saturated rings. The molecule has 1 atom stereocenters. The Kier molecular flexibility index (Phi) is 4.47. The van der Waals surface area contributed by atoms with Crippen molar-refractivity contribution in [1.29, 1.82) is 0 Å². The van der Waals surface area contributed by atoms with Gasteiger partial charge < -0.3 is 9.64 Å². The minimum atomic E-state index is -3.72. The maximum absolute atomic E-state index is 13.5. The van der Waals surface area contributed by atoms with Crippen molar-refractivity contribution in [3.05, 3.63) is 52.3 Å². The van der Waals surface area contributed by atoms with E-state index >= 15 is 0 Å². The van der Waals surface area contributed by atoms with Crippen LogP contribution in [0.25, 0.3) is 0 Å². The monoisotopic (exact) mass is 415 g/mol. The first-order valence-corrected chi connectivity index (χ1v) is 11.0. The zero-order chi connectivity index (χ0) is 21.1. The van der Waals surface area contributed by atoms with Crippen molar-refractivity contribution >= 4 is 15.9 Å². The number of benzene rings is 1. The lowest BCUT2D eigenvalue weighted by atomic mass is 9.90. The number of aromatic nitrogens is 1. The van der Waals surface area contributed by atoms with Crippen LogP contribution in [0, 0.1) is 20.8 Å². The van der Waals surface area contributed by atoms with Crippen LogP contribution in [0.3, 0.4) is 0 Å². The highest BCUT2D eigenvalue weighted by Gasteiger charge is 2.51. The second kappa shape index (κ2) is 6.53. The Labute approximate surface area is 171 Å². The van der Waals surface area contributed by atoms with Gasteiger partial charge in [-0.1, -0.05) is 0 Å². The molecular formula is C21H25N3O4S. The van der Waals surface area contributed by atoms with Crippen molar-refractivity contribution in [2.45, 2.75) is 38.1 Å². The average Bonchev–Trinajstić information content (AvgIpc) is 2.89. The van der Waals surface area contributed by atoms with Crippen molar-refractivity contribution in [2.75, 3.05) is 26.7 Å². The van der Waals surface area contributed by atoms with Gasteiger partial charge in [0.15, 0.2) is 0 Å². The number of fused-ring (bicyclic) bond motifs is 3. The van der Waals surface area contributed by atoms with Crippen molar-refractivity contribution in [3.63, 3.8) is 0 Å². The number of methoxy groups -OCH3 is 1. The summed E-state index contributed by atoms with van der Waals surface area (Å²) in [5.74, 6) is 0.583. The van der Waals surface area contributed by atoms with Gasteiger partial charge in [0.25, 0.3) is 5.91 Å². The lowest BCUT2D eigenvalue weighted by molar-refractivity contribution is 0.0376. The van der Waals surface area contributed by atoms with E-state index < -0.39 is 15.6 Å². The molecule has 2 aliphatic rings. The summed E-state index contributed by atoms with van der Waals surface area (Å²) in [6.07, 6.45) is 1.60. The molecule has 3 heterocycles. The van der Waals surface area contributed by atoms with E-state index in [1.165, 1.54) is 4.31 Å². The van der Waals surface area contributed by atoms with Gasteiger partial charge in [0.05, 0.1) is 23.1 Å². The summed E-state index contributed by atoms with van der Waals surface area (Å²) in [6.45, 7) is 8.23. The third-order valence-electron chi connectivity index (χ3n) is 6.06. The Balaban J connectivity index is 1.76. The molecule has 1 aromatic carbocycles. The van der Waals surface area contributed by atoms with Crippen molar-refractivity contribution in [3.8, 4) is 5.75 Å². The van der Waals surface area contributed by atoms with E-state index in [-0.39, 0.29) is 23.9 Å². The predicted octanol–water partition coefficient (Wildman–Crippen LogP) is 2.39. The standard InChI is InChI=1S/C21H25N3O4S/c1-13-9-19(14(2)8-18(13)28-5)29(26,27)23-6-7-24-20(25)16-11-22-15(3)10-17(16)21(24,4)12-23/h8-11H,6-7,12H2,1-5H3. The summed E-state index contributed by atoms with van der Waals surface area (Å²) in [5.41, 5.74) is 2.92. The molecule has 29 heavy (non-hydrogen) atoms. The highest BCUT2D eigenvalue weighted by molar-refractivity contribution is 7.89. The number of amides is 1. The average molecular weight is 416 g/mol. The molecule has 154 valence electrons. The molecule has 2 aromatic rings. The first-order valence-electron chi connectivity index (χ1n) is 9.54. The molecule has 2 aliphatic heterocycles. The zero-order valence-electron chi connectivity index (χ0n) is 17.3. The van der Waals surface area contributed by atoms with Gasteiger partial charge in [-0.25, -0.2) is 8.42 Å². The van der Waals surface area contributed by atoms with Gasteiger partial charge >= 0.3 is 0 Å². The number of piperazine rings is 1. The van der Waals surface area contributed by atoms with E-state index in [2.05, 4.69) is 4.98 Å². The first kappa shape index (κ1) is 19.8. The second-order valence-electron chi connectivity index (χ2n) is 8.03. The van der Waals surface area contributed by atoms with Gasteiger partial charge in [-0.15, -0.1) is 0 Å². The minimum Gasteiger partial charge on any atom is -0.496 e. The summed E-state index contributed by atoms with van der Waals surface area (Å²) in [4.78, 5) is 19.2. The summed E-state index contributed by atoms with van der Waals surface area (Å²) >= 11 is 0. The number of hydrogen-bond acceptors (Lipinski definition) is 5. The molecule has 0 spiro atoms. The highest BCUT2D eigenvalue weighted by Crippen LogP contribution is 2.42. The van der Waals surface area contributed by atoms with E-state index in [0.717, 1.165) is 16.8 Å². The van der Waals surface area contributed by atoms with Crippen LogP contribution in [0.4, 0.5) is 0 Å². The summed E-state index contributed by atoms with van der Waals surface area (Å²) < 4.78 is 33.9. The molecule has 1 saturated heterocycles. The number of aryl methyl sites for hydroxylation is 3. The number of carbonyl (C=O) groups excluding carboxylic acids is 1. The molecule has 4 rings (SSSR count). The maximum Gasteiger partial charge on any atom is 0.256 e. The number of hydrogen-bond donors (Lipinski definition) is 0. The Morgan fingerprint density at radius 1 is 1.10 bits per heavy atom. The normalized spacial score (nSPS) is 21.8. The third kappa shape index (κ3) is 2.85. The molecule has 0 aliphatic carbocycles. The lowest BCUT2D eigenvalue weighted by Gasteiger charge is -2.44. The molecule has 0 N–H and O–H groups in total. The third-order valence-corrected chi connectivity index (χ3v) is 8.05. The van der Waals surface area contributed by atoms with Crippen LogP contribution in [-0.4, -0.2) is 55.3 Å². The van der Waals surface area contributed by atoms with Gasteiger partial charge in [0.1, 0.15) is 5.75 Å². The summed E-state index contributed by atoms with van der Waals surface area (Å²) in [7, 11) is -2.15. The molecular weight excluding hydrogens is 390 g/mol. The van der Waals surface area contributed by atoms with E-state index in [1.807, 2.05) is 26.8 Å². The molecule has 0 radical (unpaired) electrons. The van der Waals surface area contributed by atoms with Gasteiger partial charge in [0, 0.05) is 31.5 Å². The fourth-order valence-corrected chi connectivity index (χ4v) is 6.26. The lowest BCUT2D eigenvalue weighted by Crippen LogP contribution is -2.58. The molecule has 1 unspecified atom stereocenters. The Morgan fingerprint density at radius 3 is 2.52 bits per heavy atom. The quantitative estimate of drug-likeness (QED) is 0.769. The van der Waals surface area contributed by atoms with Crippen LogP contribution in [0.15, 0.2) is 29.3 Å². The van der Waals surface area contributed by atoms with Crippen LogP contribution in [0.1, 0.15) is 39.7 Å². The maximum atomic E-state index is 13.5. The molecule has 0 bridgehead atoms. The van der Waals surface area contributed by atoms with Gasteiger partial charge in [-0.2, -0.15) is 4.31 Å². The van der Waals surface area contributed by atoms with E-state index in [1.54, 1.807) is 37.3 Å². The molecule has 1 aromatic heterocycles. The fourth-order valence-electron chi connectivity index (χ4n) is 4.45. The minimum absolute atomic E-state index is 0.0801. The van der Waals surface area contributed by atoms with E-state index in [0.29, 0.717) is 23.4 Å². The van der Waals surface area contributed by atoms with Crippen molar-refractivity contribution in [2.24, 2.45) is 0 Å². The number of pyridine rings is 1. The zero-order valence-corrected chi connectivity index (χ0v) is 18.1. The number of nitrogens with zero attached hydrogens (tertiary/aromatic N) is 3. The summed E-state index contributed by atoms with van der Waals surface area (Å²) in [5, 5.41) is 0. The van der Waals surface area contributed by atoms with Crippen LogP contribution in [-0.2, 0) is 15.6 Å². The Hall–Kier alpha value is -2.45. The SMILES string of the molecule is COc1cc(C)c(S(=O)(=O)N2CCN3C(=O)c4cnc(C)cc4C3(C)C2)cc1C. The number of carbonyl (C=O) groups is 1. The number of sulfonamides is 1. The smallest absolute Gasteiger partial charge is 0.256 e. The number of ether oxygens (including phenoxy) is 1. The van der Waals surface area contributed by atoms with Gasteiger partial charge in [-0.3, -0.25) is 9.78 Å². The fraction of sp³-hybridized carbons (Fsp3) is 0.429. The second-order valence-corrected chi connectivity index (χ2v) is 9.93. The molecule has 0 saturated carbocycles. The number of rotatable bonds is 3. The van der Waals surface area contributed by atoms with Gasteiger partial charge in [0.2, 0.25) is 10.0 Å². The Morgan fingerprint density at radius 2 is 1.83 bits per heavy atom. The Bertz CT molecular complexity index is 1130. The van der Waals surface area contributed by atoms with Crippen LogP contribution in [0.2, 0.25) is 0 Å².